The fourth-order valence-electron chi connectivity index (χ4n) is 0. The van der Waals surface area contributed by atoms with Crippen LogP contribution in [0, 0.1) is 0 Å². The summed E-state index contributed by atoms with van der Waals surface area (Å²) in [6.07, 6.45) is 0. The van der Waals surface area contributed by atoms with Gasteiger partial charge in [-0.2, -0.15) is 0 Å². The van der Waals surface area contributed by atoms with Crippen LogP contribution in [-0.4, -0.2) is 0 Å². The molecular formula is Cl4CoFe. The van der Waals surface area contributed by atoms with Crippen LogP contribution in [0.15, 0.2) is 0 Å². The van der Waals surface area contributed by atoms with Gasteiger partial charge in [-0.1, -0.05) is 0 Å². The third kappa shape index (κ3) is 34.8. The van der Waals surface area contributed by atoms with Crippen molar-refractivity contribution in [2.24, 2.45) is 0 Å². The first-order valence-electron chi connectivity index (χ1n) is 0.512. The third-order valence-electron chi connectivity index (χ3n) is 0. The molecule has 0 saturated heterocycles. The summed E-state index contributed by atoms with van der Waals surface area (Å²) in [5, 5.41) is 0. The molecule has 0 aliphatic rings. The molecule has 0 heterocycles. The summed E-state index contributed by atoms with van der Waals surface area (Å²) in [7, 11) is 17.8. The molecule has 0 amide bonds. The predicted molar refractivity (Wildman–Crippen MR) is 23.4 cm³/mol. The normalized spacial score (nSPS) is 8.50. The Kier molecular flexibility index (Phi) is 18.8. The van der Waals surface area contributed by atoms with Crippen LogP contribution in [0.1, 0.15) is 0 Å². The van der Waals surface area contributed by atoms with Gasteiger partial charge in [0.2, 0.25) is 0 Å². The van der Waals surface area contributed by atoms with Crippen molar-refractivity contribution in [2.75, 3.05) is 0 Å². The minimum atomic E-state index is -1.19. The Morgan fingerprint density at radius 1 is 1.00 bits per heavy atom. The van der Waals surface area contributed by atoms with E-state index in [9.17, 15) is 0 Å². The monoisotopic (exact) mass is 255 g/mol. The average Bonchev–Trinajstić information content (AvgIpc) is 1.41. The van der Waals surface area contributed by atoms with Crippen molar-refractivity contribution in [3.05, 3.63) is 0 Å². The fourth-order valence-corrected chi connectivity index (χ4v) is 0. The molecule has 6 heavy (non-hydrogen) atoms. The SMILES string of the molecule is [Cl][Co]([Cl])[Cl].[Cl][Fe]. The van der Waals surface area contributed by atoms with Crippen LogP contribution >= 0.6 is 40.5 Å². The summed E-state index contributed by atoms with van der Waals surface area (Å²) in [4.78, 5) is 0. The van der Waals surface area contributed by atoms with Gasteiger partial charge in [0, 0.05) is 0 Å². The molecule has 0 saturated carbocycles. The Balaban J connectivity index is 0. The van der Waals surface area contributed by atoms with E-state index in [1.54, 1.807) is 0 Å². The molecule has 0 unspecified atom stereocenters. The van der Waals surface area contributed by atoms with Crippen molar-refractivity contribution in [1.29, 1.82) is 0 Å². The van der Waals surface area contributed by atoms with Gasteiger partial charge in [0.1, 0.15) is 0 Å². The Morgan fingerprint density at radius 3 is 1.00 bits per heavy atom. The van der Waals surface area contributed by atoms with Crippen LogP contribution in [-0.2, 0) is 26.1 Å². The Labute approximate surface area is 66.0 Å². The van der Waals surface area contributed by atoms with Crippen LogP contribution < -0.4 is 0 Å². The van der Waals surface area contributed by atoms with Gasteiger partial charge in [-0.05, 0) is 0 Å². The average molecular weight is 257 g/mol. The number of hydrogen-bond acceptors (Lipinski definition) is 0. The first-order valence-corrected chi connectivity index (χ1v) is 6.33. The molecule has 0 radical (unpaired) electrons. The zero-order valence-electron chi connectivity index (χ0n) is 2.20. The molecule has 0 atom stereocenters. The minimum absolute atomic E-state index is 1.19. The molecular weight excluding hydrogens is 257 g/mol. The first-order chi connectivity index (χ1) is 2.73. The van der Waals surface area contributed by atoms with Gasteiger partial charge in [0.15, 0.2) is 0 Å². The Hall–Kier alpha value is 2.19. The second-order valence-electron chi connectivity index (χ2n) is 0.143. The van der Waals surface area contributed by atoms with E-state index in [4.69, 9.17) is 30.4 Å². The molecule has 0 aliphatic carbocycles. The van der Waals surface area contributed by atoms with Crippen molar-refractivity contribution < 1.29 is 26.1 Å². The van der Waals surface area contributed by atoms with E-state index in [1.807, 2.05) is 0 Å². The Morgan fingerprint density at radius 2 is 1.00 bits per heavy atom. The van der Waals surface area contributed by atoms with Crippen molar-refractivity contribution in [3.8, 4) is 0 Å². The second kappa shape index (κ2) is 10.2. The van der Waals surface area contributed by atoms with Gasteiger partial charge in [-0.3, -0.25) is 0 Å². The molecule has 0 bridgehead atoms. The summed E-state index contributed by atoms with van der Waals surface area (Å²) < 4.78 is 0. The summed E-state index contributed by atoms with van der Waals surface area (Å²) in [6.45, 7) is 0. The summed E-state index contributed by atoms with van der Waals surface area (Å²) in [5.41, 5.74) is 0. The molecule has 0 N–H and O–H groups in total. The van der Waals surface area contributed by atoms with Crippen molar-refractivity contribution >= 4 is 40.5 Å². The van der Waals surface area contributed by atoms with Gasteiger partial charge in [0.05, 0.1) is 0 Å². The molecule has 45 valence electrons. The van der Waals surface area contributed by atoms with Gasteiger partial charge in [0.25, 0.3) is 0 Å². The standard InChI is InChI=1S/4ClH.Co.Fe/h4*1H;;/q;;;;+3;+1/p-4. The predicted octanol–water partition coefficient (Wildman–Crippen LogP) is 2.75. The molecule has 0 aliphatic heterocycles. The van der Waals surface area contributed by atoms with E-state index < -0.39 is 10.9 Å². The topological polar surface area (TPSA) is 0 Å². The van der Waals surface area contributed by atoms with Crippen LogP contribution in [0.2, 0.25) is 0 Å². The molecule has 0 nitrogen and oxygen atoms in total. The fraction of sp³-hybridized carbons (Fsp3) is 0. The zero-order chi connectivity index (χ0) is 5.58. The van der Waals surface area contributed by atoms with Crippen molar-refractivity contribution in [3.63, 3.8) is 0 Å². The van der Waals surface area contributed by atoms with Gasteiger partial charge in [-0.25, -0.2) is 0 Å². The molecule has 0 aromatic carbocycles. The van der Waals surface area contributed by atoms with Crippen LogP contribution in [0.3, 0.4) is 0 Å². The van der Waals surface area contributed by atoms with Gasteiger partial charge >= 0.3 is 66.6 Å². The molecule has 0 spiro atoms. The van der Waals surface area contributed by atoms with Gasteiger partial charge in [-0.15, -0.1) is 0 Å². The molecule has 0 fully saturated rings. The number of halogens is 4. The quantitative estimate of drug-likeness (QED) is 0.585. The summed E-state index contributed by atoms with van der Waals surface area (Å²) in [6, 6.07) is 0. The zero-order valence-corrected chi connectivity index (χ0v) is 7.37. The molecule has 0 aromatic heterocycles. The van der Waals surface area contributed by atoms with Crippen molar-refractivity contribution in [1.82, 2.24) is 0 Å². The van der Waals surface area contributed by atoms with E-state index in [1.165, 1.54) is 0 Å². The van der Waals surface area contributed by atoms with Crippen molar-refractivity contribution in [2.45, 2.75) is 0 Å². The Bertz CT molecular complexity index is 12.3. The van der Waals surface area contributed by atoms with E-state index in [0.717, 1.165) is 0 Å². The van der Waals surface area contributed by atoms with Crippen LogP contribution in [0.5, 0.6) is 0 Å². The summed E-state index contributed by atoms with van der Waals surface area (Å²) in [5.74, 6) is 0. The maximum absolute atomic E-state index is 4.87. The molecule has 6 heteroatoms. The van der Waals surface area contributed by atoms with Crippen LogP contribution in [0.4, 0.5) is 0 Å². The second-order valence-corrected chi connectivity index (χ2v) is 5.30. The van der Waals surface area contributed by atoms with Gasteiger partial charge < -0.3 is 0 Å². The maximum atomic E-state index is 4.87. The molecule has 0 rings (SSSR count). The summed E-state index contributed by atoms with van der Waals surface area (Å²) >= 11 is 2.72. The van der Waals surface area contributed by atoms with Crippen LogP contribution in [0.25, 0.3) is 0 Å². The molecule has 0 aromatic rings. The first kappa shape index (κ1) is 11.0. The van der Waals surface area contributed by atoms with E-state index in [2.05, 4.69) is 25.2 Å². The third-order valence-corrected chi connectivity index (χ3v) is 0. The van der Waals surface area contributed by atoms with E-state index in [0.29, 0.717) is 0 Å². The number of rotatable bonds is 0. The number of hydrogen-bond donors (Lipinski definition) is 0. The van der Waals surface area contributed by atoms with E-state index >= 15 is 0 Å². The van der Waals surface area contributed by atoms with E-state index in [-0.39, 0.29) is 0 Å².